The van der Waals surface area contributed by atoms with Crippen LogP contribution < -0.4 is 47.2 Å². The van der Waals surface area contributed by atoms with Gasteiger partial charge in [-0.1, -0.05) is 279 Å². The highest BCUT2D eigenvalue weighted by Crippen LogP contribution is 2.33. The van der Waals surface area contributed by atoms with Crippen LogP contribution in [0.5, 0.6) is 0 Å². The molecule has 76 heavy (non-hydrogen) atoms. The summed E-state index contributed by atoms with van der Waals surface area (Å²) in [5, 5.41) is 15.3. The van der Waals surface area contributed by atoms with Crippen molar-refractivity contribution in [3.05, 3.63) is 315 Å². The zero-order valence-electron chi connectivity index (χ0n) is 42.1. The lowest BCUT2D eigenvalue weighted by molar-refractivity contribution is 0.900. The summed E-state index contributed by atoms with van der Waals surface area (Å²) in [6.45, 7) is 0.608. The second-order valence-electron chi connectivity index (χ2n) is 19.7. The summed E-state index contributed by atoms with van der Waals surface area (Å²) in [6.07, 6.45) is 4.68. The summed E-state index contributed by atoms with van der Waals surface area (Å²) in [5.41, 5.74) is 14.4. The lowest BCUT2D eigenvalue weighted by atomic mass is 10.0. The van der Waals surface area contributed by atoms with E-state index in [2.05, 4.69) is 319 Å². The lowest BCUT2D eigenvalue weighted by Crippen LogP contribution is -2.78. The summed E-state index contributed by atoms with van der Waals surface area (Å²) in [5.74, 6) is 0.646. The van der Waals surface area contributed by atoms with Crippen LogP contribution in [0.2, 0.25) is 0 Å². The van der Waals surface area contributed by atoms with Gasteiger partial charge in [0.15, 0.2) is 16.1 Å². The van der Waals surface area contributed by atoms with Gasteiger partial charge in [-0.25, -0.2) is 0 Å². The molecule has 13 aromatic rings. The van der Waals surface area contributed by atoms with E-state index in [9.17, 15) is 0 Å². The predicted octanol–water partition coefficient (Wildman–Crippen LogP) is 11.2. The average molecular weight is 1010 g/mol. The Morgan fingerprint density at radius 2 is 0.592 bits per heavy atom. The molecule has 3 nitrogen and oxygen atoms in total. The van der Waals surface area contributed by atoms with Crippen molar-refractivity contribution in [1.82, 2.24) is 9.13 Å². The third kappa shape index (κ3) is 7.79. The first-order valence-electron chi connectivity index (χ1n) is 26.3. The van der Waals surface area contributed by atoms with E-state index in [0.29, 0.717) is 12.4 Å². The first-order valence-corrected chi connectivity index (χ1v) is 30.3. The van der Waals surface area contributed by atoms with E-state index in [1.807, 2.05) is 0 Å². The van der Waals surface area contributed by atoms with Crippen molar-refractivity contribution in [2.24, 2.45) is 5.73 Å². The fraction of sp³-hybridized carbons (Fsp3) is 0.0141. The predicted molar refractivity (Wildman–Crippen MR) is 329 cm³/mol. The minimum atomic E-state index is -3.17. The third-order valence-corrected chi connectivity index (χ3v) is 25.2. The highest BCUT2D eigenvalue weighted by Gasteiger charge is 2.46. The van der Waals surface area contributed by atoms with Crippen LogP contribution in [0.15, 0.2) is 309 Å². The van der Waals surface area contributed by atoms with Gasteiger partial charge in [0, 0.05) is 39.1 Å². The van der Waals surface area contributed by atoms with Gasteiger partial charge in [0.05, 0.1) is 11.0 Å². The SMILES string of the molecule is N/C(=C\C(=C/Cn1c2ccccc2c2ccccc21)c1cc([Si](c2ccccc2)(c2ccccc2)c2ccccc2)cc([Si](c2ccccc2)(c2ccccc2)c2ccccc2)c1)n1c2ccccc2c2ccccc21. The summed E-state index contributed by atoms with van der Waals surface area (Å²) < 4.78 is 4.71. The summed E-state index contributed by atoms with van der Waals surface area (Å²) in [7, 11) is -6.34. The van der Waals surface area contributed by atoms with E-state index in [4.69, 9.17) is 5.73 Å². The lowest BCUT2D eigenvalue weighted by Gasteiger charge is -2.38. The van der Waals surface area contributed by atoms with Crippen LogP contribution in [-0.2, 0) is 6.54 Å². The normalized spacial score (nSPS) is 12.5. The van der Waals surface area contributed by atoms with Gasteiger partial charge in [-0.05, 0) is 83.0 Å². The van der Waals surface area contributed by atoms with Crippen LogP contribution in [0.4, 0.5) is 0 Å². The summed E-state index contributed by atoms with van der Waals surface area (Å²) in [6, 6.07) is 111. The number of rotatable bonds is 13. The molecule has 13 rings (SSSR count). The highest BCUT2D eigenvalue weighted by molar-refractivity contribution is 7.22. The molecule has 11 aromatic carbocycles. The molecule has 2 aromatic heterocycles. The molecule has 0 radical (unpaired) electrons. The Morgan fingerprint density at radius 1 is 0.316 bits per heavy atom. The molecule has 0 unspecified atom stereocenters. The number of nitrogens with zero attached hydrogens (tertiary/aromatic N) is 2. The number of para-hydroxylation sites is 4. The molecular weight excluding hydrogens is 951 g/mol. The topological polar surface area (TPSA) is 35.9 Å². The molecule has 0 saturated heterocycles. The zero-order chi connectivity index (χ0) is 50.9. The van der Waals surface area contributed by atoms with E-state index in [0.717, 1.165) is 22.2 Å². The molecule has 0 atom stereocenters. The fourth-order valence-electron chi connectivity index (χ4n) is 12.4. The van der Waals surface area contributed by atoms with Crippen molar-refractivity contribution in [3.63, 3.8) is 0 Å². The quantitative estimate of drug-likeness (QED) is 0.0697. The Bertz CT molecular complexity index is 3800. The standard InChI is InChI=1S/C71H55N3Si2/c72-71(74-69-45-25-21-41-65(69)66-42-22-26-46-70(66)74)51-53(47-48-73-67-43-23-19-39-63(67)64-40-20-24-44-68(64)73)54-49-61(75(55-27-7-1-8-28-55,56-29-9-2-10-30-56)57-31-11-3-12-32-57)52-62(50-54)76(58-33-13-4-14-34-58,59-35-15-5-16-36-59)60-37-17-6-18-38-60/h1-47,49-52H,48,72H2/b53-47+,71-51+. The Hall–Kier alpha value is -9.27. The molecule has 2 heterocycles. The molecular formula is C71H55N3Si2. The highest BCUT2D eigenvalue weighted by atomic mass is 28.3. The van der Waals surface area contributed by atoms with Crippen molar-refractivity contribution >= 4 is 113 Å². The molecule has 362 valence electrons. The Balaban J connectivity index is 1.19. The van der Waals surface area contributed by atoms with E-state index in [1.54, 1.807) is 0 Å². The maximum absolute atomic E-state index is 7.73. The molecule has 0 amide bonds. The van der Waals surface area contributed by atoms with Crippen molar-refractivity contribution in [2.45, 2.75) is 6.54 Å². The van der Waals surface area contributed by atoms with Gasteiger partial charge < -0.3 is 10.3 Å². The molecule has 0 saturated carbocycles. The second kappa shape index (κ2) is 19.9. The van der Waals surface area contributed by atoms with Gasteiger partial charge in [0.2, 0.25) is 0 Å². The van der Waals surface area contributed by atoms with Crippen LogP contribution in [0.1, 0.15) is 5.56 Å². The van der Waals surface area contributed by atoms with Gasteiger partial charge in [0.25, 0.3) is 0 Å². The number of allylic oxidation sites excluding steroid dienone is 3. The fourth-order valence-corrected chi connectivity index (χ4v) is 22.2. The van der Waals surface area contributed by atoms with Crippen LogP contribution in [0.3, 0.4) is 0 Å². The summed E-state index contributed by atoms with van der Waals surface area (Å²) in [4.78, 5) is 0. The summed E-state index contributed by atoms with van der Waals surface area (Å²) >= 11 is 0. The van der Waals surface area contributed by atoms with Gasteiger partial charge in [-0.2, -0.15) is 0 Å². The smallest absolute Gasteiger partial charge is 0.179 e. The first kappa shape index (κ1) is 46.5. The van der Waals surface area contributed by atoms with Crippen LogP contribution in [-0.4, -0.2) is 25.3 Å². The number of benzene rings is 11. The number of hydrogen-bond donors (Lipinski definition) is 1. The second-order valence-corrected chi connectivity index (χ2v) is 27.4. The largest absolute Gasteiger partial charge is 0.385 e. The van der Waals surface area contributed by atoms with Crippen LogP contribution in [0.25, 0.3) is 55.0 Å². The Labute approximate surface area is 446 Å². The van der Waals surface area contributed by atoms with E-state index in [1.165, 1.54) is 74.1 Å². The molecule has 0 aliphatic heterocycles. The third-order valence-electron chi connectivity index (χ3n) is 15.7. The Morgan fingerprint density at radius 3 is 0.921 bits per heavy atom. The van der Waals surface area contributed by atoms with Gasteiger partial charge in [0.1, 0.15) is 5.82 Å². The van der Waals surface area contributed by atoms with E-state index >= 15 is 0 Å². The molecule has 0 bridgehead atoms. The van der Waals surface area contributed by atoms with E-state index in [-0.39, 0.29) is 0 Å². The van der Waals surface area contributed by atoms with Gasteiger partial charge >= 0.3 is 0 Å². The molecule has 0 aliphatic carbocycles. The minimum absolute atomic E-state index is 0.608. The van der Waals surface area contributed by atoms with Crippen molar-refractivity contribution in [1.29, 1.82) is 0 Å². The van der Waals surface area contributed by atoms with Crippen molar-refractivity contribution in [2.75, 3.05) is 0 Å². The monoisotopic (exact) mass is 1010 g/mol. The maximum Gasteiger partial charge on any atom is 0.179 e. The number of aromatic nitrogens is 2. The first-order chi connectivity index (χ1) is 37.6. The maximum atomic E-state index is 7.73. The van der Waals surface area contributed by atoms with Gasteiger partial charge in [-0.3, -0.25) is 4.57 Å². The molecule has 2 N–H and O–H groups in total. The average Bonchev–Trinajstić information content (AvgIpc) is 4.03. The molecule has 5 heteroatoms. The number of fused-ring (bicyclic) bond motifs is 6. The minimum Gasteiger partial charge on any atom is -0.385 e. The van der Waals surface area contributed by atoms with Crippen LogP contribution >= 0.6 is 0 Å². The molecule has 0 spiro atoms. The Kier molecular flexibility index (Phi) is 12.2. The van der Waals surface area contributed by atoms with Crippen molar-refractivity contribution in [3.8, 4) is 0 Å². The van der Waals surface area contributed by atoms with Crippen molar-refractivity contribution < 1.29 is 0 Å². The molecule has 0 aliphatic rings. The van der Waals surface area contributed by atoms with Crippen LogP contribution in [0, 0.1) is 0 Å². The molecule has 0 fully saturated rings. The zero-order valence-corrected chi connectivity index (χ0v) is 44.1. The van der Waals surface area contributed by atoms with E-state index < -0.39 is 16.1 Å². The number of nitrogens with two attached hydrogens (primary N) is 1. The van der Waals surface area contributed by atoms with Gasteiger partial charge in [-0.15, -0.1) is 0 Å². The number of hydrogen-bond acceptors (Lipinski definition) is 1.